The third-order valence-corrected chi connectivity index (χ3v) is 6.80. The summed E-state index contributed by atoms with van der Waals surface area (Å²) in [6.07, 6.45) is 6.12. The van der Waals surface area contributed by atoms with Crippen molar-refractivity contribution in [3.05, 3.63) is 24.3 Å². The number of piperazine rings is 1. The molecule has 4 rings (SSSR count). The van der Waals surface area contributed by atoms with Crippen LogP contribution in [0.4, 0.5) is 10.5 Å². The van der Waals surface area contributed by atoms with Crippen molar-refractivity contribution in [1.29, 1.82) is 0 Å². The standard InChI is InChI=1S/C22H34N4O3/c27-20-6-4-5-19(17-20)24-9-11-25(12-10-24)21(28)23-18-22(7-2-1-3-8-22)26-13-15-29-16-14-26/h4-6,17,27H,1-3,7-16,18H2,(H,23,28). The number of carbonyl (C=O) groups is 1. The van der Waals surface area contributed by atoms with Gasteiger partial charge in [-0.2, -0.15) is 0 Å². The summed E-state index contributed by atoms with van der Waals surface area (Å²) in [4.78, 5) is 19.6. The van der Waals surface area contributed by atoms with Crippen molar-refractivity contribution in [2.24, 2.45) is 0 Å². The van der Waals surface area contributed by atoms with Crippen LogP contribution in [0.1, 0.15) is 32.1 Å². The lowest BCUT2D eigenvalue weighted by molar-refractivity contribution is -0.0360. The van der Waals surface area contributed by atoms with Gasteiger partial charge in [0.05, 0.1) is 13.2 Å². The second-order valence-corrected chi connectivity index (χ2v) is 8.54. The molecule has 2 aliphatic heterocycles. The van der Waals surface area contributed by atoms with Crippen molar-refractivity contribution in [2.45, 2.75) is 37.6 Å². The zero-order valence-corrected chi connectivity index (χ0v) is 17.3. The summed E-state index contributed by atoms with van der Waals surface area (Å²) in [5.74, 6) is 0.281. The van der Waals surface area contributed by atoms with Crippen LogP contribution in [0.5, 0.6) is 5.75 Å². The molecule has 1 saturated carbocycles. The molecule has 160 valence electrons. The van der Waals surface area contributed by atoms with Crippen molar-refractivity contribution in [2.75, 3.05) is 63.9 Å². The maximum absolute atomic E-state index is 12.9. The number of hydrogen-bond acceptors (Lipinski definition) is 5. The van der Waals surface area contributed by atoms with E-state index in [0.717, 1.165) is 51.6 Å². The van der Waals surface area contributed by atoms with Crippen LogP contribution >= 0.6 is 0 Å². The van der Waals surface area contributed by atoms with Gasteiger partial charge in [0, 0.05) is 63.1 Å². The van der Waals surface area contributed by atoms with Crippen molar-refractivity contribution in [3.8, 4) is 5.75 Å². The molecule has 0 radical (unpaired) electrons. The summed E-state index contributed by atoms with van der Waals surface area (Å²) in [5.41, 5.74) is 1.11. The minimum atomic E-state index is 0.0544. The van der Waals surface area contributed by atoms with Crippen molar-refractivity contribution < 1.29 is 14.6 Å². The van der Waals surface area contributed by atoms with Crippen molar-refractivity contribution >= 4 is 11.7 Å². The number of phenolic OH excluding ortho intramolecular Hbond substituents is 1. The molecule has 29 heavy (non-hydrogen) atoms. The molecule has 3 fully saturated rings. The third kappa shape index (κ3) is 4.78. The van der Waals surface area contributed by atoms with Gasteiger partial charge in [-0.25, -0.2) is 4.79 Å². The number of nitrogens with one attached hydrogen (secondary N) is 1. The summed E-state index contributed by atoms with van der Waals surface area (Å²) in [6, 6.07) is 7.39. The van der Waals surface area contributed by atoms with Crippen LogP contribution in [0.25, 0.3) is 0 Å². The number of carbonyl (C=O) groups excluding carboxylic acids is 1. The number of amides is 2. The topological polar surface area (TPSA) is 68.3 Å². The van der Waals surface area contributed by atoms with E-state index in [0.29, 0.717) is 13.1 Å². The van der Waals surface area contributed by atoms with E-state index in [1.54, 1.807) is 12.1 Å². The van der Waals surface area contributed by atoms with Crippen LogP contribution < -0.4 is 10.2 Å². The van der Waals surface area contributed by atoms with Gasteiger partial charge in [-0.05, 0) is 25.0 Å². The number of benzene rings is 1. The second kappa shape index (κ2) is 9.22. The highest BCUT2D eigenvalue weighted by Gasteiger charge is 2.39. The Bertz CT molecular complexity index is 678. The predicted molar refractivity (Wildman–Crippen MR) is 113 cm³/mol. The van der Waals surface area contributed by atoms with E-state index in [4.69, 9.17) is 4.74 Å². The Morgan fingerprint density at radius 3 is 2.45 bits per heavy atom. The van der Waals surface area contributed by atoms with E-state index in [1.165, 1.54) is 32.1 Å². The first kappa shape index (κ1) is 20.3. The third-order valence-electron chi connectivity index (χ3n) is 6.80. The van der Waals surface area contributed by atoms with Gasteiger partial charge in [0.2, 0.25) is 0 Å². The van der Waals surface area contributed by atoms with Gasteiger partial charge in [-0.3, -0.25) is 4.90 Å². The van der Waals surface area contributed by atoms with Gasteiger partial charge >= 0.3 is 6.03 Å². The molecule has 2 heterocycles. The molecule has 2 N–H and O–H groups in total. The van der Waals surface area contributed by atoms with Crippen LogP contribution in [0.3, 0.4) is 0 Å². The van der Waals surface area contributed by atoms with E-state index < -0.39 is 0 Å². The lowest BCUT2D eigenvalue weighted by Crippen LogP contribution is -2.61. The molecule has 7 nitrogen and oxygen atoms in total. The summed E-state index contributed by atoms with van der Waals surface area (Å²) in [7, 11) is 0. The van der Waals surface area contributed by atoms with Crippen LogP contribution in [0.15, 0.2) is 24.3 Å². The zero-order chi connectivity index (χ0) is 20.1. The van der Waals surface area contributed by atoms with Gasteiger partial charge in [-0.15, -0.1) is 0 Å². The highest BCUT2D eigenvalue weighted by molar-refractivity contribution is 5.74. The average Bonchev–Trinajstić information content (AvgIpc) is 2.79. The predicted octanol–water partition coefficient (Wildman–Crippen LogP) is 2.26. The first-order valence-electron chi connectivity index (χ1n) is 11.1. The van der Waals surface area contributed by atoms with Gasteiger partial charge in [-0.1, -0.05) is 25.3 Å². The number of nitrogens with zero attached hydrogens (tertiary/aromatic N) is 3. The molecular weight excluding hydrogens is 368 g/mol. The Kier molecular flexibility index (Phi) is 6.45. The molecule has 0 spiro atoms. The van der Waals surface area contributed by atoms with E-state index in [9.17, 15) is 9.90 Å². The number of anilines is 1. The molecule has 0 bridgehead atoms. The summed E-state index contributed by atoms with van der Waals surface area (Å²) < 4.78 is 5.55. The van der Waals surface area contributed by atoms with Crippen LogP contribution in [0, 0.1) is 0 Å². The Morgan fingerprint density at radius 1 is 1.03 bits per heavy atom. The number of morpholine rings is 1. The minimum Gasteiger partial charge on any atom is -0.508 e. The first-order chi connectivity index (χ1) is 14.2. The molecule has 1 aromatic rings. The van der Waals surface area contributed by atoms with Crippen LogP contribution in [0.2, 0.25) is 0 Å². The van der Waals surface area contributed by atoms with Gasteiger partial charge in [0.15, 0.2) is 0 Å². The SMILES string of the molecule is O=C(NCC1(N2CCOCC2)CCCCC1)N1CCN(c2cccc(O)c2)CC1. The monoisotopic (exact) mass is 402 g/mol. The Labute approximate surface area is 173 Å². The number of ether oxygens (including phenoxy) is 1. The number of rotatable bonds is 4. The number of phenols is 1. The molecule has 3 aliphatic rings. The maximum Gasteiger partial charge on any atom is 0.317 e. The summed E-state index contributed by atoms with van der Waals surface area (Å²) in [5, 5.41) is 13.0. The normalized spacial score (nSPS) is 23.0. The number of aromatic hydroxyl groups is 1. The second-order valence-electron chi connectivity index (χ2n) is 8.54. The van der Waals surface area contributed by atoms with E-state index in [1.807, 2.05) is 17.0 Å². The summed E-state index contributed by atoms with van der Waals surface area (Å²) >= 11 is 0. The smallest absolute Gasteiger partial charge is 0.317 e. The molecule has 2 amide bonds. The molecule has 1 aromatic carbocycles. The Balaban J connectivity index is 1.30. The molecule has 7 heteroatoms. The van der Waals surface area contributed by atoms with Crippen LogP contribution in [-0.2, 0) is 4.74 Å². The lowest BCUT2D eigenvalue weighted by atomic mass is 9.80. The largest absolute Gasteiger partial charge is 0.508 e. The molecular formula is C22H34N4O3. The number of urea groups is 1. The van der Waals surface area contributed by atoms with Gasteiger partial charge in [0.1, 0.15) is 5.75 Å². The zero-order valence-electron chi connectivity index (χ0n) is 17.3. The highest BCUT2D eigenvalue weighted by Crippen LogP contribution is 2.34. The Morgan fingerprint density at radius 2 is 1.76 bits per heavy atom. The van der Waals surface area contributed by atoms with E-state index >= 15 is 0 Å². The molecule has 0 aromatic heterocycles. The maximum atomic E-state index is 12.9. The lowest BCUT2D eigenvalue weighted by Gasteiger charge is -2.48. The van der Waals surface area contributed by atoms with Crippen molar-refractivity contribution in [3.63, 3.8) is 0 Å². The molecule has 0 atom stereocenters. The first-order valence-corrected chi connectivity index (χ1v) is 11.1. The van der Waals surface area contributed by atoms with Gasteiger partial charge < -0.3 is 25.0 Å². The highest BCUT2D eigenvalue weighted by atomic mass is 16.5. The fourth-order valence-electron chi connectivity index (χ4n) is 5.06. The Hall–Kier alpha value is -1.99. The fraction of sp³-hybridized carbons (Fsp3) is 0.682. The van der Waals surface area contributed by atoms with Crippen molar-refractivity contribution in [1.82, 2.24) is 15.1 Å². The van der Waals surface area contributed by atoms with Crippen LogP contribution in [-0.4, -0.2) is 85.5 Å². The number of hydrogen-bond donors (Lipinski definition) is 2. The minimum absolute atomic E-state index is 0.0544. The average molecular weight is 403 g/mol. The summed E-state index contributed by atoms with van der Waals surface area (Å²) in [6.45, 7) is 7.24. The molecule has 1 aliphatic carbocycles. The van der Waals surface area contributed by atoms with E-state index in [-0.39, 0.29) is 17.3 Å². The van der Waals surface area contributed by atoms with Gasteiger partial charge in [0.25, 0.3) is 0 Å². The quantitative estimate of drug-likeness (QED) is 0.809. The fourth-order valence-corrected chi connectivity index (χ4v) is 5.06. The molecule has 0 unspecified atom stereocenters. The van der Waals surface area contributed by atoms with E-state index in [2.05, 4.69) is 15.1 Å². The molecule has 2 saturated heterocycles.